The molecule has 0 aromatic rings. The van der Waals surface area contributed by atoms with Crippen molar-refractivity contribution in [1.29, 1.82) is 0 Å². The van der Waals surface area contributed by atoms with E-state index in [-0.39, 0.29) is 13.2 Å². The smallest absolute Gasteiger partial charge is 0.317 e. The van der Waals surface area contributed by atoms with Crippen LogP contribution in [0.15, 0.2) is 0 Å². The van der Waals surface area contributed by atoms with Crippen molar-refractivity contribution in [1.82, 2.24) is 10.2 Å². The highest BCUT2D eigenvalue weighted by Gasteiger charge is 2.45. The van der Waals surface area contributed by atoms with Gasteiger partial charge in [0.2, 0.25) is 0 Å². The summed E-state index contributed by atoms with van der Waals surface area (Å²) in [7, 11) is 0. The van der Waals surface area contributed by atoms with Gasteiger partial charge in [0.05, 0.1) is 13.2 Å². The number of carbonyl (C=O) groups excluding carboxylic acids is 1. The predicted molar refractivity (Wildman–Crippen MR) is 73.3 cm³/mol. The van der Waals surface area contributed by atoms with Gasteiger partial charge < -0.3 is 9.05 Å². The van der Waals surface area contributed by atoms with Crippen LogP contribution in [0.25, 0.3) is 0 Å². The van der Waals surface area contributed by atoms with Crippen LogP contribution in [0.2, 0.25) is 0 Å². The van der Waals surface area contributed by atoms with Crippen LogP contribution in [0.3, 0.4) is 0 Å². The SMILES string of the molecule is CCOP(=S)(OCC)N(NC(=O)C(F)(F)F)C(C)(C)C. The Labute approximate surface area is 122 Å². The number of alkyl halides is 3. The summed E-state index contributed by atoms with van der Waals surface area (Å²) < 4.78 is 48.8. The zero-order valence-electron chi connectivity index (χ0n) is 12.1. The molecule has 0 aliphatic rings. The second kappa shape index (κ2) is 7.17. The Bertz CT molecular complexity index is 375. The van der Waals surface area contributed by atoms with Gasteiger partial charge in [-0.1, -0.05) is 0 Å². The largest absolute Gasteiger partial charge is 0.472 e. The monoisotopic (exact) mass is 336 g/mol. The molecule has 0 heterocycles. The Morgan fingerprint density at radius 1 is 1.20 bits per heavy atom. The van der Waals surface area contributed by atoms with Gasteiger partial charge in [0.1, 0.15) is 0 Å². The third-order valence-electron chi connectivity index (χ3n) is 1.93. The molecular weight excluding hydrogens is 316 g/mol. The van der Waals surface area contributed by atoms with Gasteiger partial charge in [-0.15, -0.1) is 4.78 Å². The van der Waals surface area contributed by atoms with E-state index in [0.717, 1.165) is 4.78 Å². The van der Waals surface area contributed by atoms with Crippen LogP contribution in [0.1, 0.15) is 34.6 Å². The molecule has 0 saturated heterocycles. The molecule has 0 spiro atoms. The first-order chi connectivity index (χ1) is 8.88. The molecule has 5 nitrogen and oxygen atoms in total. The van der Waals surface area contributed by atoms with Crippen LogP contribution >= 0.6 is 6.64 Å². The lowest BCUT2D eigenvalue weighted by Crippen LogP contribution is -2.54. The molecule has 0 aromatic carbocycles. The first kappa shape index (κ1) is 19.8. The minimum absolute atomic E-state index is 0.158. The predicted octanol–water partition coefficient (Wildman–Crippen LogP) is 2.98. The summed E-state index contributed by atoms with van der Waals surface area (Å²) in [6.45, 7) is 5.17. The van der Waals surface area contributed by atoms with E-state index in [1.165, 1.54) is 0 Å². The molecule has 20 heavy (non-hydrogen) atoms. The maximum Gasteiger partial charge on any atom is 0.472 e. The Kier molecular flexibility index (Phi) is 7.10. The van der Waals surface area contributed by atoms with Crippen molar-refractivity contribution in [2.75, 3.05) is 13.2 Å². The van der Waals surface area contributed by atoms with Gasteiger partial charge in [0.25, 0.3) is 6.64 Å². The maximum atomic E-state index is 12.4. The number of hydrazine groups is 1. The molecule has 0 aliphatic heterocycles. The highest BCUT2D eigenvalue weighted by molar-refractivity contribution is 8.08. The van der Waals surface area contributed by atoms with Crippen LogP contribution in [0.5, 0.6) is 0 Å². The molecule has 0 aliphatic carbocycles. The number of hydrogen-bond acceptors (Lipinski definition) is 4. The number of nitrogens with zero attached hydrogens (tertiary/aromatic N) is 1. The molecule has 1 amide bonds. The van der Waals surface area contributed by atoms with E-state index in [1.54, 1.807) is 40.0 Å². The zero-order valence-corrected chi connectivity index (χ0v) is 13.8. The van der Waals surface area contributed by atoms with Crippen LogP contribution in [0, 0.1) is 0 Å². The number of carbonyl (C=O) groups is 1. The number of nitrogens with one attached hydrogen (secondary N) is 1. The van der Waals surface area contributed by atoms with E-state index in [9.17, 15) is 18.0 Å². The summed E-state index contributed by atoms with van der Waals surface area (Å²) in [6.07, 6.45) is -5.01. The standard InChI is InChI=1S/C10H20F3N2O3PS/c1-6-17-19(20,18-7-2)15(9(3,4)5)14-8(16)10(11,12)13/h6-7H2,1-5H3,(H,14,16). The van der Waals surface area contributed by atoms with Crippen molar-refractivity contribution >= 4 is 24.4 Å². The fourth-order valence-electron chi connectivity index (χ4n) is 1.23. The minimum atomic E-state index is -5.01. The van der Waals surface area contributed by atoms with E-state index in [0.29, 0.717) is 0 Å². The first-order valence-electron chi connectivity index (χ1n) is 5.96. The fraction of sp³-hybridized carbons (Fsp3) is 0.900. The molecule has 0 rings (SSSR count). The quantitative estimate of drug-likeness (QED) is 0.597. The Morgan fingerprint density at radius 3 is 1.85 bits per heavy atom. The second-order valence-electron chi connectivity index (χ2n) is 4.73. The Hall–Kier alpha value is -0.210. The lowest BCUT2D eigenvalue weighted by atomic mass is 10.1. The van der Waals surface area contributed by atoms with E-state index < -0.39 is 24.3 Å². The Morgan fingerprint density at radius 2 is 1.60 bits per heavy atom. The highest BCUT2D eigenvalue weighted by Crippen LogP contribution is 2.54. The molecular formula is C10H20F3N2O3PS. The molecule has 0 radical (unpaired) electrons. The average molecular weight is 336 g/mol. The summed E-state index contributed by atoms with van der Waals surface area (Å²) in [4.78, 5) is 11.2. The van der Waals surface area contributed by atoms with Crippen molar-refractivity contribution < 1.29 is 27.0 Å². The maximum absolute atomic E-state index is 12.4. The van der Waals surface area contributed by atoms with Gasteiger partial charge in [-0.25, -0.2) is 0 Å². The average Bonchev–Trinajstić information content (AvgIpc) is 2.22. The van der Waals surface area contributed by atoms with Gasteiger partial charge in [0, 0.05) is 5.54 Å². The second-order valence-corrected chi connectivity index (χ2v) is 7.96. The lowest BCUT2D eigenvalue weighted by molar-refractivity contribution is -0.178. The zero-order chi connectivity index (χ0) is 16.2. The Balaban J connectivity index is 5.45. The van der Waals surface area contributed by atoms with Gasteiger partial charge in [-0.05, 0) is 46.4 Å². The third-order valence-corrected chi connectivity index (χ3v) is 5.41. The normalized spacial score (nSPS) is 13.7. The number of halogens is 3. The van der Waals surface area contributed by atoms with E-state index >= 15 is 0 Å². The third kappa shape index (κ3) is 5.65. The summed E-state index contributed by atoms with van der Waals surface area (Å²) in [5.74, 6) is -2.11. The molecule has 10 heteroatoms. The van der Waals surface area contributed by atoms with Gasteiger partial charge in [-0.2, -0.15) is 13.2 Å². The summed E-state index contributed by atoms with van der Waals surface area (Å²) in [5.41, 5.74) is 0.870. The number of hydrogen-bond donors (Lipinski definition) is 1. The van der Waals surface area contributed by atoms with Gasteiger partial charge in [-0.3, -0.25) is 10.2 Å². The van der Waals surface area contributed by atoms with Crippen LogP contribution in [0.4, 0.5) is 13.2 Å². The minimum Gasteiger partial charge on any atom is -0.317 e. The fourth-order valence-corrected chi connectivity index (χ4v) is 4.63. The van der Waals surface area contributed by atoms with E-state index in [1.807, 2.05) is 0 Å². The summed E-state index contributed by atoms with van der Waals surface area (Å²) in [6, 6.07) is 0. The molecule has 0 atom stereocenters. The van der Waals surface area contributed by atoms with Crippen LogP contribution in [-0.4, -0.2) is 35.6 Å². The van der Waals surface area contributed by atoms with E-state index in [4.69, 9.17) is 20.9 Å². The topological polar surface area (TPSA) is 50.8 Å². The molecule has 1 N–H and O–H groups in total. The highest BCUT2D eigenvalue weighted by atomic mass is 32.5. The van der Waals surface area contributed by atoms with Gasteiger partial charge >= 0.3 is 12.1 Å². The van der Waals surface area contributed by atoms with Crippen molar-refractivity contribution in [2.24, 2.45) is 0 Å². The summed E-state index contributed by atoms with van der Waals surface area (Å²) in [5, 5.41) is 0. The van der Waals surface area contributed by atoms with Crippen molar-refractivity contribution in [3.05, 3.63) is 0 Å². The van der Waals surface area contributed by atoms with Crippen molar-refractivity contribution in [3.8, 4) is 0 Å². The molecule has 0 fully saturated rings. The van der Waals surface area contributed by atoms with E-state index in [2.05, 4.69) is 0 Å². The van der Waals surface area contributed by atoms with Crippen molar-refractivity contribution in [3.63, 3.8) is 0 Å². The molecule has 0 aromatic heterocycles. The first-order valence-corrected chi connectivity index (χ1v) is 8.55. The van der Waals surface area contributed by atoms with Crippen LogP contribution < -0.4 is 5.43 Å². The van der Waals surface area contributed by atoms with Crippen molar-refractivity contribution in [2.45, 2.75) is 46.3 Å². The van der Waals surface area contributed by atoms with Crippen LogP contribution in [-0.2, 0) is 25.6 Å². The molecule has 0 bridgehead atoms. The number of rotatable bonds is 6. The number of amides is 1. The molecule has 120 valence electrons. The molecule has 0 saturated carbocycles. The molecule has 0 unspecified atom stereocenters. The lowest BCUT2D eigenvalue weighted by Gasteiger charge is -2.41. The van der Waals surface area contributed by atoms with Gasteiger partial charge in [0.15, 0.2) is 0 Å². The summed E-state index contributed by atoms with van der Waals surface area (Å²) >= 11 is 5.22.